The zero-order valence-electron chi connectivity index (χ0n) is 12.4. The Morgan fingerprint density at radius 2 is 2.15 bits per heavy atom. The van der Waals surface area contributed by atoms with Gasteiger partial charge >= 0.3 is 0 Å². The number of halogens is 1. The number of hydrogen-bond acceptors (Lipinski definition) is 3. The number of hydrogen-bond donors (Lipinski definition) is 1. The molecule has 1 aromatic carbocycles. The van der Waals surface area contributed by atoms with Crippen LogP contribution in [-0.2, 0) is 11.2 Å². The van der Waals surface area contributed by atoms with Crippen LogP contribution in [0.4, 0.5) is 0 Å². The summed E-state index contributed by atoms with van der Waals surface area (Å²) >= 11 is 3.53. The second kappa shape index (κ2) is 8.27. The zero-order valence-corrected chi connectivity index (χ0v) is 13.9. The number of nitrogens with two attached hydrogens (primary N) is 1. The van der Waals surface area contributed by atoms with Crippen molar-refractivity contribution >= 4 is 21.8 Å². The van der Waals surface area contributed by atoms with Crippen molar-refractivity contribution in [1.82, 2.24) is 4.90 Å². The molecule has 1 aromatic rings. The van der Waals surface area contributed by atoms with E-state index in [0.717, 1.165) is 28.6 Å². The van der Waals surface area contributed by atoms with E-state index in [2.05, 4.69) is 22.9 Å². The summed E-state index contributed by atoms with van der Waals surface area (Å²) in [4.78, 5) is 13.0. The Kier molecular flexibility index (Phi) is 7.02. The van der Waals surface area contributed by atoms with Gasteiger partial charge in [-0.2, -0.15) is 0 Å². The molecule has 1 unspecified atom stereocenters. The third kappa shape index (κ3) is 5.51. The van der Waals surface area contributed by atoms with Gasteiger partial charge in [-0.25, -0.2) is 0 Å². The predicted molar refractivity (Wildman–Crippen MR) is 84.9 cm³/mol. The van der Waals surface area contributed by atoms with Gasteiger partial charge in [0.15, 0.2) is 0 Å². The van der Waals surface area contributed by atoms with E-state index in [9.17, 15) is 4.79 Å². The number of rotatable bonds is 7. The fourth-order valence-electron chi connectivity index (χ4n) is 1.70. The zero-order chi connectivity index (χ0) is 15.1. The summed E-state index contributed by atoms with van der Waals surface area (Å²) in [5.41, 5.74) is 7.12. The fraction of sp³-hybridized carbons (Fsp3) is 0.533. The normalized spacial score (nSPS) is 12.1. The average Bonchev–Trinajstić information content (AvgIpc) is 2.41. The molecule has 1 rings (SSSR count). The van der Waals surface area contributed by atoms with Gasteiger partial charge in [0.2, 0.25) is 5.91 Å². The van der Waals surface area contributed by atoms with Crippen LogP contribution in [0.2, 0.25) is 0 Å². The van der Waals surface area contributed by atoms with Gasteiger partial charge in [-0.15, -0.1) is 0 Å². The molecular formula is C15H23BrN2O2. The summed E-state index contributed by atoms with van der Waals surface area (Å²) in [6.07, 6.45) is 2.13. The van der Waals surface area contributed by atoms with Gasteiger partial charge in [0, 0.05) is 24.6 Å². The highest BCUT2D eigenvalue weighted by molar-refractivity contribution is 9.10. The molecule has 0 aliphatic heterocycles. The standard InChI is InChI=1S/C15H23BrN2O2/c1-4-12(17)9-11-10-13(5-6-14(11)16)20-8-7-15(19)18(2)3/h5-6,10,12H,4,7-9,17H2,1-3H3. The van der Waals surface area contributed by atoms with E-state index >= 15 is 0 Å². The Bertz CT molecular complexity index is 449. The lowest BCUT2D eigenvalue weighted by molar-refractivity contribution is -0.129. The molecule has 2 N–H and O–H groups in total. The predicted octanol–water partition coefficient (Wildman–Crippen LogP) is 2.59. The summed E-state index contributed by atoms with van der Waals surface area (Å²) in [5, 5.41) is 0. The number of carbonyl (C=O) groups is 1. The van der Waals surface area contributed by atoms with Crippen molar-refractivity contribution in [2.45, 2.75) is 32.2 Å². The van der Waals surface area contributed by atoms with E-state index in [0.29, 0.717) is 13.0 Å². The van der Waals surface area contributed by atoms with Gasteiger partial charge < -0.3 is 15.4 Å². The van der Waals surface area contributed by atoms with Crippen molar-refractivity contribution in [2.24, 2.45) is 5.73 Å². The minimum absolute atomic E-state index is 0.0651. The summed E-state index contributed by atoms with van der Waals surface area (Å²) in [6, 6.07) is 5.99. The quantitative estimate of drug-likeness (QED) is 0.828. The summed E-state index contributed by atoms with van der Waals surface area (Å²) in [7, 11) is 3.48. The molecule has 20 heavy (non-hydrogen) atoms. The van der Waals surface area contributed by atoms with Crippen LogP contribution in [0, 0.1) is 0 Å². The smallest absolute Gasteiger partial charge is 0.225 e. The molecule has 1 atom stereocenters. The van der Waals surface area contributed by atoms with E-state index < -0.39 is 0 Å². The molecule has 0 spiro atoms. The van der Waals surface area contributed by atoms with Crippen LogP contribution in [0.3, 0.4) is 0 Å². The highest BCUT2D eigenvalue weighted by Gasteiger charge is 2.08. The summed E-state index contributed by atoms with van der Waals surface area (Å²) < 4.78 is 6.67. The first-order chi connectivity index (χ1) is 9.43. The van der Waals surface area contributed by atoms with Gasteiger partial charge in [-0.1, -0.05) is 22.9 Å². The van der Waals surface area contributed by atoms with Crippen molar-refractivity contribution in [1.29, 1.82) is 0 Å². The molecule has 1 amide bonds. The molecule has 0 aliphatic carbocycles. The Morgan fingerprint density at radius 3 is 2.75 bits per heavy atom. The maximum absolute atomic E-state index is 11.5. The van der Waals surface area contributed by atoms with Gasteiger partial charge in [0.05, 0.1) is 13.0 Å². The maximum atomic E-state index is 11.5. The fourth-order valence-corrected chi connectivity index (χ4v) is 2.11. The van der Waals surface area contributed by atoms with Gasteiger partial charge in [-0.3, -0.25) is 4.79 Å². The second-order valence-corrected chi connectivity index (χ2v) is 5.87. The van der Waals surface area contributed by atoms with Crippen LogP contribution in [0.25, 0.3) is 0 Å². The number of carbonyl (C=O) groups excluding carboxylic acids is 1. The molecule has 0 aromatic heterocycles. The van der Waals surface area contributed by atoms with E-state index in [-0.39, 0.29) is 11.9 Å². The monoisotopic (exact) mass is 342 g/mol. The van der Waals surface area contributed by atoms with Crippen molar-refractivity contribution < 1.29 is 9.53 Å². The summed E-state index contributed by atoms with van der Waals surface area (Å²) in [5.74, 6) is 0.841. The molecule has 0 radical (unpaired) electrons. The Hall–Kier alpha value is -1.07. The van der Waals surface area contributed by atoms with Gasteiger partial charge in [0.1, 0.15) is 5.75 Å². The molecule has 112 valence electrons. The SMILES string of the molecule is CCC(N)Cc1cc(OCCC(=O)N(C)C)ccc1Br. The van der Waals surface area contributed by atoms with Crippen LogP contribution in [-0.4, -0.2) is 37.6 Å². The topological polar surface area (TPSA) is 55.6 Å². The first kappa shape index (κ1) is 17.0. The highest BCUT2D eigenvalue weighted by Crippen LogP contribution is 2.24. The van der Waals surface area contributed by atoms with E-state index in [1.807, 2.05) is 18.2 Å². The van der Waals surface area contributed by atoms with Crippen LogP contribution < -0.4 is 10.5 Å². The molecule has 4 nitrogen and oxygen atoms in total. The molecule has 0 heterocycles. The van der Waals surface area contributed by atoms with Crippen LogP contribution >= 0.6 is 15.9 Å². The molecule has 0 bridgehead atoms. The number of ether oxygens (including phenoxy) is 1. The number of amides is 1. The first-order valence-electron chi connectivity index (χ1n) is 6.81. The average molecular weight is 343 g/mol. The molecular weight excluding hydrogens is 320 g/mol. The van der Waals surface area contributed by atoms with Crippen molar-refractivity contribution in [3.63, 3.8) is 0 Å². The second-order valence-electron chi connectivity index (χ2n) is 5.01. The molecule has 0 saturated heterocycles. The van der Waals surface area contributed by atoms with E-state index in [1.54, 1.807) is 19.0 Å². The van der Waals surface area contributed by atoms with Crippen LogP contribution in [0.15, 0.2) is 22.7 Å². The van der Waals surface area contributed by atoms with Crippen molar-refractivity contribution in [3.8, 4) is 5.75 Å². The summed E-state index contributed by atoms with van der Waals surface area (Å²) in [6.45, 7) is 2.46. The molecule has 0 saturated carbocycles. The van der Waals surface area contributed by atoms with Gasteiger partial charge in [-0.05, 0) is 36.6 Å². The van der Waals surface area contributed by atoms with Gasteiger partial charge in [0.25, 0.3) is 0 Å². The third-order valence-corrected chi connectivity index (χ3v) is 3.88. The lowest BCUT2D eigenvalue weighted by atomic mass is 10.0. The largest absolute Gasteiger partial charge is 0.493 e. The highest BCUT2D eigenvalue weighted by atomic mass is 79.9. The van der Waals surface area contributed by atoms with Crippen LogP contribution in [0.1, 0.15) is 25.3 Å². The minimum atomic E-state index is 0.0651. The Balaban J connectivity index is 2.59. The van der Waals surface area contributed by atoms with Crippen molar-refractivity contribution in [2.75, 3.05) is 20.7 Å². The Labute approximate surface area is 129 Å². The lowest BCUT2D eigenvalue weighted by Crippen LogP contribution is -2.23. The van der Waals surface area contributed by atoms with Crippen molar-refractivity contribution in [3.05, 3.63) is 28.2 Å². The molecule has 0 fully saturated rings. The molecule has 5 heteroatoms. The number of nitrogens with zero attached hydrogens (tertiary/aromatic N) is 1. The third-order valence-electron chi connectivity index (χ3n) is 3.11. The number of benzene rings is 1. The van der Waals surface area contributed by atoms with Crippen LogP contribution in [0.5, 0.6) is 5.75 Å². The molecule has 0 aliphatic rings. The minimum Gasteiger partial charge on any atom is -0.493 e. The maximum Gasteiger partial charge on any atom is 0.225 e. The van der Waals surface area contributed by atoms with E-state index in [1.165, 1.54) is 0 Å². The Morgan fingerprint density at radius 1 is 1.45 bits per heavy atom. The van der Waals surface area contributed by atoms with E-state index in [4.69, 9.17) is 10.5 Å². The lowest BCUT2D eigenvalue weighted by Gasteiger charge is -2.14. The first-order valence-corrected chi connectivity index (χ1v) is 7.60.